The van der Waals surface area contributed by atoms with E-state index in [4.69, 9.17) is 4.42 Å². The highest BCUT2D eigenvalue weighted by molar-refractivity contribution is 5.96. The number of amides is 1. The van der Waals surface area contributed by atoms with Crippen molar-refractivity contribution in [2.45, 2.75) is 20.4 Å². The lowest BCUT2D eigenvalue weighted by Gasteiger charge is -2.10. The first-order chi connectivity index (χ1) is 13.5. The van der Waals surface area contributed by atoms with E-state index < -0.39 is 0 Å². The van der Waals surface area contributed by atoms with Crippen LogP contribution in [0.1, 0.15) is 27.2 Å². The Morgan fingerprint density at radius 2 is 1.96 bits per heavy atom. The number of rotatable bonds is 5. The van der Waals surface area contributed by atoms with Gasteiger partial charge < -0.3 is 15.1 Å². The first-order valence-corrected chi connectivity index (χ1v) is 9.03. The molecule has 0 radical (unpaired) electrons. The highest BCUT2D eigenvalue weighted by Crippen LogP contribution is 2.22. The summed E-state index contributed by atoms with van der Waals surface area (Å²) in [7, 11) is 1.78. The molecule has 4 aromatic rings. The lowest BCUT2D eigenvalue weighted by Crippen LogP contribution is -2.23. The standard InChI is InChI=1S/C21H21N5O2/c1-13-6-4-5-7-15(13)12-23-21(27)16-10-18(22-3)26-19(11-16)24-20(25-26)17-9-8-14(2)28-17/h4-11,22H,12H2,1-3H3,(H,23,27). The zero-order valence-electron chi connectivity index (χ0n) is 16.0. The Labute approximate surface area is 162 Å². The smallest absolute Gasteiger partial charge is 0.251 e. The third-order valence-electron chi connectivity index (χ3n) is 4.62. The monoisotopic (exact) mass is 375 g/mol. The van der Waals surface area contributed by atoms with Gasteiger partial charge in [0, 0.05) is 19.2 Å². The van der Waals surface area contributed by atoms with Crippen molar-refractivity contribution in [1.29, 1.82) is 0 Å². The molecule has 0 atom stereocenters. The van der Waals surface area contributed by atoms with Gasteiger partial charge in [0.25, 0.3) is 5.91 Å². The van der Waals surface area contributed by atoms with Crippen molar-refractivity contribution in [1.82, 2.24) is 19.9 Å². The Hall–Kier alpha value is -3.61. The first-order valence-electron chi connectivity index (χ1n) is 9.03. The number of hydrogen-bond donors (Lipinski definition) is 2. The second-order valence-electron chi connectivity index (χ2n) is 6.60. The fourth-order valence-corrected chi connectivity index (χ4v) is 3.04. The Balaban J connectivity index is 1.63. The summed E-state index contributed by atoms with van der Waals surface area (Å²) in [5, 5.41) is 10.5. The number of aryl methyl sites for hydroxylation is 2. The minimum atomic E-state index is -0.166. The number of anilines is 1. The average molecular weight is 375 g/mol. The van der Waals surface area contributed by atoms with E-state index >= 15 is 0 Å². The summed E-state index contributed by atoms with van der Waals surface area (Å²) >= 11 is 0. The zero-order valence-corrected chi connectivity index (χ0v) is 16.0. The molecule has 0 bridgehead atoms. The van der Waals surface area contributed by atoms with Gasteiger partial charge in [0.05, 0.1) is 0 Å². The van der Waals surface area contributed by atoms with E-state index in [2.05, 4.69) is 20.7 Å². The van der Waals surface area contributed by atoms with Crippen LogP contribution in [0.2, 0.25) is 0 Å². The Morgan fingerprint density at radius 3 is 2.68 bits per heavy atom. The number of furan rings is 1. The molecule has 0 aliphatic heterocycles. The van der Waals surface area contributed by atoms with Gasteiger partial charge in [-0.1, -0.05) is 24.3 Å². The molecule has 0 saturated heterocycles. The molecule has 4 rings (SSSR count). The molecular formula is C21H21N5O2. The van der Waals surface area contributed by atoms with Crippen LogP contribution in [0.15, 0.2) is 52.9 Å². The van der Waals surface area contributed by atoms with Crippen LogP contribution >= 0.6 is 0 Å². The molecule has 142 valence electrons. The van der Waals surface area contributed by atoms with Crippen molar-refractivity contribution in [3.8, 4) is 11.6 Å². The van der Waals surface area contributed by atoms with E-state index in [1.165, 1.54) is 0 Å². The van der Waals surface area contributed by atoms with Crippen molar-refractivity contribution in [3.63, 3.8) is 0 Å². The van der Waals surface area contributed by atoms with Crippen molar-refractivity contribution in [2.75, 3.05) is 12.4 Å². The molecule has 0 aliphatic rings. The van der Waals surface area contributed by atoms with Gasteiger partial charge in [0.2, 0.25) is 5.82 Å². The molecule has 2 N–H and O–H groups in total. The summed E-state index contributed by atoms with van der Waals surface area (Å²) < 4.78 is 7.27. The highest BCUT2D eigenvalue weighted by atomic mass is 16.3. The number of hydrogen-bond acceptors (Lipinski definition) is 5. The molecule has 7 nitrogen and oxygen atoms in total. The van der Waals surface area contributed by atoms with Gasteiger partial charge in [0.15, 0.2) is 11.4 Å². The molecular weight excluding hydrogens is 354 g/mol. The van der Waals surface area contributed by atoms with Crippen LogP contribution in [-0.4, -0.2) is 27.6 Å². The molecule has 1 aromatic carbocycles. The molecule has 28 heavy (non-hydrogen) atoms. The largest absolute Gasteiger partial charge is 0.458 e. The maximum atomic E-state index is 12.7. The third kappa shape index (κ3) is 3.34. The molecule has 1 amide bonds. The van der Waals surface area contributed by atoms with Crippen LogP contribution in [0.3, 0.4) is 0 Å². The fraction of sp³-hybridized carbons (Fsp3) is 0.190. The molecule has 0 saturated carbocycles. The van der Waals surface area contributed by atoms with Crippen molar-refractivity contribution in [2.24, 2.45) is 0 Å². The van der Waals surface area contributed by atoms with Gasteiger partial charge in [0.1, 0.15) is 11.6 Å². The lowest BCUT2D eigenvalue weighted by atomic mass is 10.1. The highest BCUT2D eigenvalue weighted by Gasteiger charge is 2.16. The zero-order chi connectivity index (χ0) is 19.7. The van der Waals surface area contributed by atoms with Crippen LogP contribution in [0.5, 0.6) is 0 Å². The Kier molecular flexibility index (Phi) is 4.57. The minimum absolute atomic E-state index is 0.166. The number of fused-ring (bicyclic) bond motifs is 1. The number of aromatic nitrogens is 3. The average Bonchev–Trinajstić information content (AvgIpc) is 3.32. The van der Waals surface area contributed by atoms with E-state index in [1.807, 2.05) is 50.2 Å². The normalized spacial score (nSPS) is 11.0. The number of benzene rings is 1. The molecule has 7 heteroatoms. The Bertz CT molecular complexity index is 1160. The number of carbonyl (C=O) groups is 1. The van der Waals surface area contributed by atoms with Gasteiger partial charge in [-0.2, -0.15) is 4.52 Å². The SMILES string of the molecule is CNc1cc(C(=O)NCc2ccccc2C)cc2nc(-c3ccc(C)o3)nn12. The predicted octanol–water partition coefficient (Wildman–Crippen LogP) is 3.58. The van der Waals surface area contributed by atoms with E-state index in [9.17, 15) is 4.79 Å². The molecule has 0 aliphatic carbocycles. The van der Waals surface area contributed by atoms with E-state index in [0.29, 0.717) is 35.2 Å². The second kappa shape index (κ2) is 7.19. The predicted molar refractivity (Wildman–Crippen MR) is 107 cm³/mol. The van der Waals surface area contributed by atoms with Crippen molar-refractivity contribution in [3.05, 3.63) is 71.0 Å². The summed E-state index contributed by atoms with van der Waals surface area (Å²) in [6.45, 7) is 4.37. The Morgan fingerprint density at radius 1 is 1.14 bits per heavy atom. The number of nitrogens with zero attached hydrogens (tertiary/aromatic N) is 3. The van der Waals surface area contributed by atoms with Gasteiger partial charge in [-0.15, -0.1) is 5.10 Å². The summed E-state index contributed by atoms with van der Waals surface area (Å²) in [6.07, 6.45) is 0. The van der Waals surface area contributed by atoms with Crippen molar-refractivity contribution < 1.29 is 9.21 Å². The van der Waals surface area contributed by atoms with Crippen LogP contribution in [0.4, 0.5) is 5.82 Å². The summed E-state index contributed by atoms with van der Waals surface area (Å²) in [5.74, 6) is 2.36. The van der Waals surface area contributed by atoms with E-state index in [1.54, 1.807) is 23.7 Å². The molecule has 0 spiro atoms. The van der Waals surface area contributed by atoms with Crippen LogP contribution in [-0.2, 0) is 6.54 Å². The minimum Gasteiger partial charge on any atom is -0.458 e. The van der Waals surface area contributed by atoms with Gasteiger partial charge in [-0.3, -0.25) is 4.79 Å². The lowest BCUT2D eigenvalue weighted by molar-refractivity contribution is 0.0951. The third-order valence-corrected chi connectivity index (χ3v) is 4.62. The molecule has 0 unspecified atom stereocenters. The number of carbonyl (C=O) groups excluding carboxylic acids is 1. The number of nitrogens with one attached hydrogen (secondary N) is 2. The maximum Gasteiger partial charge on any atom is 0.251 e. The maximum absolute atomic E-state index is 12.7. The van der Waals surface area contributed by atoms with Crippen LogP contribution in [0.25, 0.3) is 17.2 Å². The van der Waals surface area contributed by atoms with Gasteiger partial charge >= 0.3 is 0 Å². The fourth-order valence-electron chi connectivity index (χ4n) is 3.04. The summed E-state index contributed by atoms with van der Waals surface area (Å²) in [4.78, 5) is 17.2. The quantitative estimate of drug-likeness (QED) is 0.557. The van der Waals surface area contributed by atoms with Gasteiger partial charge in [-0.05, 0) is 49.2 Å². The molecule has 3 aromatic heterocycles. The molecule has 3 heterocycles. The molecule has 0 fully saturated rings. The van der Waals surface area contributed by atoms with E-state index in [-0.39, 0.29) is 5.91 Å². The van der Waals surface area contributed by atoms with Crippen LogP contribution in [0, 0.1) is 13.8 Å². The summed E-state index contributed by atoms with van der Waals surface area (Å²) in [5.41, 5.74) is 3.31. The number of pyridine rings is 1. The van der Waals surface area contributed by atoms with Crippen LogP contribution < -0.4 is 10.6 Å². The topological polar surface area (TPSA) is 84.5 Å². The van der Waals surface area contributed by atoms with E-state index in [0.717, 1.165) is 16.9 Å². The first kappa shape index (κ1) is 17.8. The second-order valence-corrected chi connectivity index (χ2v) is 6.60. The summed E-state index contributed by atoms with van der Waals surface area (Å²) in [6, 6.07) is 15.2. The van der Waals surface area contributed by atoms with Gasteiger partial charge in [-0.25, -0.2) is 4.98 Å². The van der Waals surface area contributed by atoms with Crippen molar-refractivity contribution >= 4 is 17.4 Å².